The zero-order valence-electron chi connectivity index (χ0n) is 19.1. The van der Waals surface area contributed by atoms with E-state index >= 15 is 0 Å². The van der Waals surface area contributed by atoms with Gasteiger partial charge >= 0.3 is 6.18 Å². The molecule has 0 amide bonds. The molecule has 3 aromatic carbocycles. The van der Waals surface area contributed by atoms with Crippen LogP contribution in [0.4, 0.5) is 13.2 Å². The molecule has 174 valence electrons. The molecule has 0 aliphatic carbocycles. The molecular formula is C27H30F3N3. The summed E-state index contributed by atoms with van der Waals surface area (Å²) in [6.07, 6.45) is -3.20. The van der Waals surface area contributed by atoms with Crippen molar-refractivity contribution in [2.45, 2.75) is 32.1 Å². The number of halogens is 3. The molecule has 1 fully saturated rings. The molecule has 3 nitrogen and oxygen atoms in total. The predicted molar refractivity (Wildman–Crippen MR) is 129 cm³/mol. The van der Waals surface area contributed by atoms with E-state index in [1.165, 1.54) is 16.3 Å². The number of likely N-dealkylation sites (N-methyl/N-ethyl adjacent to an activating group) is 1. The van der Waals surface area contributed by atoms with Crippen LogP contribution in [-0.4, -0.2) is 44.0 Å². The Balaban J connectivity index is 1.46. The lowest BCUT2D eigenvalue weighted by Crippen LogP contribution is -2.44. The largest absolute Gasteiger partial charge is 0.393 e. The Labute approximate surface area is 193 Å². The van der Waals surface area contributed by atoms with E-state index in [1.54, 1.807) is 24.3 Å². The molecule has 0 radical (unpaired) electrons. The minimum Gasteiger partial charge on any atom is -0.311 e. The number of nitrogens with one attached hydrogen (secondary N) is 1. The average Bonchev–Trinajstić information content (AvgIpc) is 2.76. The molecule has 6 heteroatoms. The fourth-order valence-corrected chi connectivity index (χ4v) is 4.55. The number of aliphatic imine (C=N–C) groups is 1. The molecule has 0 spiro atoms. The monoisotopic (exact) mass is 453 g/mol. The quantitative estimate of drug-likeness (QED) is 0.438. The fraction of sp³-hybridized carbons (Fsp3) is 0.370. The van der Waals surface area contributed by atoms with Crippen LogP contribution in [-0.2, 0) is 13.0 Å². The van der Waals surface area contributed by atoms with Gasteiger partial charge in [-0.05, 0) is 40.4 Å². The Morgan fingerprint density at radius 3 is 2.36 bits per heavy atom. The second kappa shape index (κ2) is 10.1. The third-order valence-corrected chi connectivity index (χ3v) is 6.24. The Morgan fingerprint density at radius 2 is 1.73 bits per heavy atom. The fourth-order valence-electron chi connectivity index (χ4n) is 4.55. The standard InChI is InChI=1S/C27H30F3N3/c1-19-16-33(17-19)18-23-12-11-22(24-5-3-4-6-25(23)24)14-32-15-26(31-2)21-9-7-20(8-10-21)13-27(28,29)30/h3-12,14,19,26,31H,13,15-18H2,1-2H3/b32-14+. The van der Waals surface area contributed by atoms with Crippen LogP contribution < -0.4 is 5.32 Å². The van der Waals surface area contributed by atoms with E-state index in [-0.39, 0.29) is 11.6 Å². The molecule has 1 atom stereocenters. The van der Waals surface area contributed by atoms with Gasteiger partial charge in [0.15, 0.2) is 0 Å². The van der Waals surface area contributed by atoms with E-state index in [0.717, 1.165) is 36.7 Å². The first-order valence-electron chi connectivity index (χ1n) is 11.4. The SMILES string of the molecule is CNC(C/N=C/c1ccc(CN2CC(C)C2)c2ccccc12)c1ccc(CC(F)(F)F)cc1. The molecule has 33 heavy (non-hydrogen) atoms. The van der Waals surface area contributed by atoms with Gasteiger partial charge in [-0.3, -0.25) is 9.89 Å². The smallest absolute Gasteiger partial charge is 0.311 e. The lowest BCUT2D eigenvalue weighted by molar-refractivity contribution is -0.127. The molecule has 1 unspecified atom stereocenters. The van der Waals surface area contributed by atoms with Crippen LogP contribution in [0.25, 0.3) is 10.8 Å². The summed E-state index contributed by atoms with van der Waals surface area (Å²) in [5, 5.41) is 5.66. The summed E-state index contributed by atoms with van der Waals surface area (Å²) >= 11 is 0. The maximum atomic E-state index is 12.6. The number of hydrogen-bond donors (Lipinski definition) is 1. The van der Waals surface area contributed by atoms with Gasteiger partial charge in [0.05, 0.1) is 19.0 Å². The van der Waals surface area contributed by atoms with Crippen molar-refractivity contribution in [3.8, 4) is 0 Å². The zero-order valence-corrected chi connectivity index (χ0v) is 19.1. The normalized spacial score (nSPS) is 16.4. The van der Waals surface area contributed by atoms with Crippen LogP contribution in [0.15, 0.2) is 65.7 Å². The van der Waals surface area contributed by atoms with Crippen molar-refractivity contribution < 1.29 is 13.2 Å². The molecule has 1 heterocycles. The first-order chi connectivity index (χ1) is 15.8. The molecule has 4 rings (SSSR count). The van der Waals surface area contributed by atoms with E-state index in [2.05, 4.69) is 52.5 Å². The first-order valence-corrected chi connectivity index (χ1v) is 11.4. The van der Waals surface area contributed by atoms with E-state index in [0.29, 0.717) is 6.54 Å². The maximum absolute atomic E-state index is 12.6. The number of rotatable bonds is 8. The lowest BCUT2D eigenvalue weighted by atomic mass is 9.97. The van der Waals surface area contributed by atoms with E-state index in [1.807, 2.05) is 19.3 Å². The average molecular weight is 454 g/mol. The van der Waals surface area contributed by atoms with Crippen molar-refractivity contribution in [1.29, 1.82) is 0 Å². The van der Waals surface area contributed by atoms with Gasteiger partial charge in [-0.2, -0.15) is 13.2 Å². The van der Waals surface area contributed by atoms with Gasteiger partial charge in [0.25, 0.3) is 0 Å². The predicted octanol–water partition coefficient (Wildman–Crippen LogP) is 5.78. The summed E-state index contributed by atoms with van der Waals surface area (Å²) < 4.78 is 37.8. The van der Waals surface area contributed by atoms with E-state index in [4.69, 9.17) is 0 Å². The van der Waals surface area contributed by atoms with Crippen LogP contribution in [0.5, 0.6) is 0 Å². The number of benzene rings is 3. The van der Waals surface area contributed by atoms with E-state index < -0.39 is 12.6 Å². The van der Waals surface area contributed by atoms with Crippen molar-refractivity contribution in [2.75, 3.05) is 26.7 Å². The Kier molecular flexibility index (Phi) is 7.15. The van der Waals surface area contributed by atoms with Gasteiger partial charge in [-0.15, -0.1) is 0 Å². The second-order valence-electron chi connectivity index (χ2n) is 9.03. The highest BCUT2D eigenvalue weighted by Crippen LogP contribution is 2.26. The highest BCUT2D eigenvalue weighted by atomic mass is 19.4. The topological polar surface area (TPSA) is 27.6 Å². The Hall–Kier alpha value is -2.70. The third-order valence-electron chi connectivity index (χ3n) is 6.24. The molecule has 1 aliphatic heterocycles. The molecule has 1 saturated heterocycles. The highest BCUT2D eigenvalue weighted by molar-refractivity contribution is 6.01. The Morgan fingerprint density at radius 1 is 1.03 bits per heavy atom. The van der Waals surface area contributed by atoms with Gasteiger partial charge in [0, 0.05) is 31.4 Å². The molecule has 1 aliphatic rings. The lowest BCUT2D eigenvalue weighted by Gasteiger charge is -2.37. The summed E-state index contributed by atoms with van der Waals surface area (Å²) in [6, 6.07) is 19.3. The summed E-state index contributed by atoms with van der Waals surface area (Å²) in [7, 11) is 1.84. The first kappa shape index (κ1) is 23.5. The van der Waals surface area contributed by atoms with E-state index in [9.17, 15) is 13.2 Å². The van der Waals surface area contributed by atoms with Gasteiger partial charge in [0.1, 0.15) is 0 Å². The maximum Gasteiger partial charge on any atom is 0.393 e. The van der Waals surface area contributed by atoms with Crippen molar-refractivity contribution in [3.05, 3.63) is 82.9 Å². The molecule has 0 aromatic heterocycles. The van der Waals surface area contributed by atoms with Crippen LogP contribution >= 0.6 is 0 Å². The van der Waals surface area contributed by atoms with Crippen molar-refractivity contribution in [1.82, 2.24) is 10.2 Å². The van der Waals surface area contributed by atoms with Crippen LogP contribution in [0, 0.1) is 5.92 Å². The summed E-state index contributed by atoms with van der Waals surface area (Å²) in [5.74, 6) is 0.781. The van der Waals surface area contributed by atoms with Crippen molar-refractivity contribution in [3.63, 3.8) is 0 Å². The zero-order chi connectivity index (χ0) is 23.4. The number of hydrogen-bond acceptors (Lipinski definition) is 3. The molecular weight excluding hydrogens is 423 g/mol. The molecule has 3 aromatic rings. The minimum absolute atomic E-state index is 0.0693. The number of alkyl halides is 3. The molecule has 1 N–H and O–H groups in total. The minimum atomic E-state index is -4.19. The van der Waals surface area contributed by atoms with Crippen LogP contribution in [0.3, 0.4) is 0 Å². The molecule has 0 saturated carbocycles. The number of fused-ring (bicyclic) bond motifs is 1. The van der Waals surface area contributed by atoms with Crippen LogP contribution in [0.2, 0.25) is 0 Å². The van der Waals surface area contributed by atoms with Crippen LogP contribution in [0.1, 0.15) is 35.2 Å². The van der Waals surface area contributed by atoms with Gasteiger partial charge in [0.2, 0.25) is 0 Å². The highest BCUT2D eigenvalue weighted by Gasteiger charge is 2.27. The van der Waals surface area contributed by atoms with Gasteiger partial charge in [-0.1, -0.05) is 67.6 Å². The third kappa shape index (κ3) is 6.01. The Bertz CT molecular complexity index is 1100. The van der Waals surface area contributed by atoms with Gasteiger partial charge < -0.3 is 5.32 Å². The number of nitrogens with zero attached hydrogens (tertiary/aromatic N) is 2. The van der Waals surface area contributed by atoms with Crippen molar-refractivity contribution in [2.24, 2.45) is 10.9 Å². The number of likely N-dealkylation sites (tertiary alicyclic amines) is 1. The second-order valence-corrected chi connectivity index (χ2v) is 9.03. The molecule has 0 bridgehead atoms. The summed E-state index contributed by atoms with van der Waals surface area (Å²) in [4.78, 5) is 7.14. The summed E-state index contributed by atoms with van der Waals surface area (Å²) in [5.41, 5.74) is 3.59. The summed E-state index contributed by atoms with van der Waals surface area (Å²) in [6.45, 7) is 6.05. The van der Waals surface area contributed by atoms with Crippen molar-refractivity contribution >= 4 is 17.0 Å². The van der Waals surface area contributed by atoms with Gasteiger partial charge in [-0.25, -0.2) is 0 Å².